The molecule has 1 N–H and O–H groups in total. The minimum Gasteiger partial charge on any atom is -0.313 e. The molecular weight excluding hydrogens is 264 g/mol. The lowest BCUT2D eigenvalue weighted by atomic mass is 10.1. The second-order valence-electron chi connectivity index (χ2n) is 4.77. The highest BCUT2D eigenvalue weighted by Gasteiger charge is 2.05. The number of benzene rings is 1. The van der Waals surface area contributed by atoms with E-state index in [1.807, 2.05) is 0 Å². The van der Waals surface area contributed by atoms with Gasteiger partial charge in [0.1, 0.15) is 11.6 Å². The fourth-order valence-electron chi connectivity index (χ4n) is 1.86. The van der Waals surface area contributed by atoms with Crippen molar-refractivity contribution in [1.82, 2.24) is 5.32 Å². The Kier molecular flexibility index (Phi) is 8.07. The first-order chi connectivity index (χ1) is 9.13. The molecule has 0 spiro atoms. The van der Waals surface area contributed by atoms with E-state index in [4.69, 9.17) is 0 Å². The van der Waals surface area contributed by atoms with Gasteiger partial charge in [-0.2, -0.15) is 0 Å². The topological polar surface area (TPSA) is 12.0 Å². The minimum absolute atomic E-state index is 0.471. The minimum atomic E-state index is -0.524. The van der Waals surface area contributed by atoms with E-state index in [1.54, 1.807) is 0 Å². The van der Waals surface area contributed by atoms with Gasteiger partial charge < -0.3 is 5.32 Å². The van der Waals surface area contributed by atoms with Gasteiger partial charge in [-0.05, 0) is 25.5 Å². The number of hydrogen-bond donors (Lipinski definition) is 1. The van der Waals surface area contributed by atoms with Crippen LogP contribution in [-0.4, -0.2) is 18.3 Å². The fourth-order valence-corrected chi connectivity index (χ4v) is 2.66. The molecule has 19 heavy (non-hydrogen) atoms. The van der Waals surface area contributed by atoms with Crippen LogP contribution in [0, 0.1) is 11.6 Å². The van der Waals surface area contributed by atoms with Gasteiger partial charge in [0.05, 0.1) is 0 Å². The Hall–Kier alpha value is -0.610. The van der Waals surface area contributed by atoms with Crippen LogP contribution in [-0.2, 0) is 0 Å². The van der Waals surface area contributed by atoms with Gasteiger partial charge >= 0.3 is 0 Å². The molecule has 1 rings (SSSR count). The molecule has 1 atom stereocenters. The first-order valence-electron chi connectivity index (χ1n) is 6.94. The number of unbranched alkanes of at least 4 members (excludes halogenated alkanes) is 2. The first kappa shape index (κ1) is 16.4. The van der Waals surface area contributed by atoms with Crippen LogP contribution in [0.2, 0.25) is 0 Å². The van der Waals surface area contributed by atoms with Crippen LogP contribution < -0.4 is 5.32 Å². The van der Waals surface area contributed by atoms with Crippen molar-refractivity contribution in [2.45, 2.75) is 50.5 Å². The largest absolute Gasteiger partial charge is 0.313 e. The average Bonchev–Trinajstić information content (AvgIpc) is 2.37. The third-order valence-electron chi connectivity index (χ3n) is 2.99. The van der Waals surface area contributed by atoms with Crippen molar-refractivity contribution in [2.24, 2.45) is 0 Å². The van der Waals surface area contributed by atoms with Crippen LogP contribution in [0.15, 0.2) is 23.1 Å². The molecule has 0 radical (unpaired) electrons. The molecule has 1 aromatic carbocycles. The summed E-state index contributed by atoms with van der Waals surface area (Å²) >= 11 is 1.42. The quantitative estimate of drug-likeness (QED) is 0.525. The molecule has 0 aliphatic rings. The third-order valence-corrected chi connectivity index (χ3v) is 4.04. The molecule has 0 bridgehead atoms. The van der Waals surface area contributed by atoms with Crippen LogP contribution in [0.25, 0.3) is 0 Å². The molecule has 0 amide bonds. The summed E-state index contributed by atoms with van der Waals surface area (Å²) in [6, 6.07) is 4.24. The summed E-state index contributed by atoms with van der Waals surface area (Å²) in [6.07, 6.45) is 4.96. The van der Waals surface area contributed by atoms with E-state index in [-0.39, 0.29) is 0 Å². The molecule has 0 aliphatic heterocycles. The molecule has 1 nitrogen and oxygen atoms in total. The van der Waals surface area contributed by atoms with Gasteiger partial charge in [-0.25, -0.2) is 8.78 Å². The average molecular weight is 287 g/mol. The zero-order chi connectivity index (χ0) is 14.1. The van der Waals surface area contributed by atoms with E-state index < -0.39 is 11.6 Å². The maximum absolute atomic E-state index is 13.4. The van der Waals surface area contributed by atoms with Gasteiger partial charge in [0.2, 0.25) is 0 Å². The number of hydrogen-bond acceptors (Lipinski definition) is 2. The smallest absolute Gasteiger partial charge is 0.139 e. The maximum Gasteiger partial charge on any atom is 0.139 e. The Labute approximate surface area is 119 Å². The standard InChI is InChI=1S/C15H23F2NS/c1-3-4-5-6-12(2)18-9-10-19-15-8-7-13(16)11-14(15)17/h7-8,11-12,18H,3-6,9-10H2,1-2H3. The van der Waals surface area contributed by atoms with E-state index in [0.717, 1.165) is 18.4 Å². The number of halogens is 2. The summed E-state index contributed by atoms with van der Waals surface area (Å²) in [4.78, 5) is 0.516. The Morgan fingerprint density at radius 3 is 2.74 bits per heavy atom. The lowest BCUT2D eigenvalue weighted by molar-refractivity contribution is 0.502. The van der Waals surface area contributed by atoms with Crippen LogP contribution in [0.1, 0.15) is 39.5 Å². The molecule has 108 valence electrons. The highest BCUT2D eigenvalue weighted by atomic mass is 32.2. The summed E-state index contributed by atoms with van der Waals surface area (Å²) < 4.78 is 26.1. The second kappa shape index (κ2) is 9.32. The highest BCUT2D eigenvalue weighted by molar-refractivity contribution is 7.99. The second-order valence-corrected chi connectivity index (χ2v) is 5.91. The van der Waals surface area contributed by atoms with Crippen molar-refractivity contribution in [3.8, 4) is 0 Å². The lowest BCUT2D eigenvalue weighted by Crippen LogP contribution is -2.28. The zero-order valence-electron chi connectivity index (χ0n) is 11.7. The Balaban J connectivity index is 2.16. The molecule has 0 fully saturated rings. The van der Waals surface area contributed by atoms with Crippen LogP contribution in [0.3, 0.4) is 0 Å². The van der Waals surface area contributed by atoms with Gasteiger partial charge in [0.25, 0.3) is 0 Å². The van der Waals surface area contributed by atoms with Crippen LogP contribution in [0.5, 0.6) is 0 Å². The first-order valence-corrected chi connectivity index (χ1v) is 7.93. The van der Waals surface area contributed by atoms with Gasteiger partial charge in [-0.1, -0.05) is 26.2 Å². The molecule has 1 aromatic rings. The van der Waals surface area contributed by atoms with Gasteiger partial charge in [0, 0.05) is 29.3 Å². The molecule has 0 saturated carbocycles. The highest BCUT2D eigenvalue weighted by Crippen LogP contribution is 2.21. The van der Waals surface area contributed by atoms with Crippen molar-refractivity contribution >= 4 is 11.8 Å². The Bertz CT molecular complexity index is 371. The van der Waals surface area contributed by atoms with E-state index in [2.05, 4.69) is 19.2 Å². The number of thioether (sulfide) groups is 1. The molecule has 0 saturated heterocycles. The number of nitrogens with one attached hydrogen (secondary N) is 1. The molecular formula is C15H23F2NS. The monoisotopic (exact) mass is 287 g/mol. The Morgan fingerprint density at radius 1 is 1.26 bits per heavy atom. The molecule has 0 aromatic heterocycles. The molecule has 0 aliphatic carbocycles. The van der Waals surface area contributed by atoms with E-state index in [9.17, 15) is 8.78 Å². The fraction of sp³-hybridized carbons (Fsp3) is 0.600. The Morgan fingerprint density at radius 2 is 2.05 bits per heavy atom. The zero-order valence-corrected chi connectivity index (χ0v) is 12.5. The van der Waals surface area contributed by atoms with Gasteiger partial charge in [-0.15, -0.1) is 11.8 Å². The van der Waals surface area contributed by atoms with Crippen molar-refractivity contribution in [3.05, 3.63) is 29.8 Å². The van der Waals surface area contributed by atoms with Crippen molar-refractivity contribution < 1.29 is 8.78 Å². The van der Waals surface area contributed by atoms with Crippen LogP contribution in [0.4, 0.5) is 8.78 Å². The van der Waals surface area contributed by atoms with Crippen molar-refractivity contribution in [1.29, 1.82) is 0 Å². The lowest BCUT2D eigenvalue weighted by Gasteiger charge is -2.13. The van der Waals surface area contributed by atoms with E-state index >= 15 is 0 Å². The predicted octanol–water partition coefficient (Wildman–Crippen LogP) is 4.62. The maximum atomic E-state index is 13.4. The normalized spacial score (nSPS) is 12.6. The number of rotatable bonds is 9. The molecule has 0 heterocycles. The summed E-state index contributed by atoms with van der Waals surface area (Å²) in [5.41, 5.74) is 0. The summed E-state index contributed by atoms with van der Waals surface area (Å²) in [5.74, 6) is -0.203. The third kappa shape index (κ3) is 6.92. The van der Waals surface area contributed by atoms with Gasteiger partial charge in [-0.3, -0.25) is 0 Å². The predicted molar refractivity (Wildman–Crippen MR) is 78.7 cm³/mol. The van der Waals surface area contributed by atoms with E-state index in [1.165, 1.54) is 49.6 Å². The SMILES string of the molecule is CCCCCC(C)NCCSc1ccc(F)cc1F. The van der Waals surface area contributed by atoms with Gasteiger partial charge in [0.15, 0.2) is 0 Å². The van der Waals surface area contributed by atoms with E-state index in [0.29, 0.717) is 10.9 Å². The summed E-state index contributed by atoms with van der Waals surface area (Å²) in [7, 11) is 0. The van der Waals surface area contributed by atoms with Crippen LogP contribution >= 0.6 is 11.8 Å². The van der Waals surface area contributed by atoms with Crippen molar-refractivity contribution in [2.75, 3.05) is 12.3 Å². The molecule has 1 unspecified atom stereocenters. The van der Waals surface area contributed by atoms with Crippen molar-refractivity contribution in [3.63, 3.8) is 0 Å². The summed E-state index contributed by atoms with van der Waals surface area (Å²) in [6.45, 7) is 5.22. The summed E-state index contributed by atoms with van der Waals surface area (Å²) in [5, 5.41) is 3.43. The molecule has 4 heteroatoms.